The molecule has 0 fully saturated rings. The average molecular weight is 265 g/mol. The highest BCUT2D eigenvalue weighted by Crippen LogP contribution is 2.35. The van der Waals surface area contributed by atoms with Crippen molar-refractivity contribution in [3.8, 4) is 17.2 Å². The summed E-state index contributed by atoms with van der Waals surface area (Å²) in [6.45, 7) is 2.27. The lowest BCUT2D eigenvalue weighted by atomic mass is 10.2. The number of nitrogen functional groups attached to an aromatic ring is 1. The van der Waals surface area contributed by atoms with Crippen molar-refractivity contribution in [3.63, 3.8) is 0 Å². The lowest BCUT2D eigenvalue weighted by Crippen LogP contribution is -1.99. The fourth-order valence-electron chi connectivity index (χ4n) is 1.57. The van der Waals surface area contributed by atoms with Crippen LogP contribution in [0, 0.1) is 11.6 Å². The van der Waals surface area contributed by atoms with Crippen LogP contribution in [0.1, 0.15) is 6.92 Å². The maximum Gasteiger partial charge on any atom is 0.166 e. The van der Waals surface area contributed by atoms with Crippen LogP contribution in [0.25, 0.3) is 0 Å². The molecule has 0 heterocycles. The summed E-state index contributed by atoms with van der Waals surface area (Å²) in [4.78, 5) is 0. The van der Waals surface area contributed by atoms with Crippen molar-refractivity contribution in [2.75, 3.05) is 12.3 Å². The number of nitrogens with two attached hydrogens (primary N) is 1. The molecule has 2 aromatic rings. The molecular weight excluding hydrogens is 252 g/mol. The molecule has 0 bridgehead atoms. The van der Waals surface area contributed by atoms with E-state index in [1.165, 1.54) is 0 Å². The lowest BCUT2D eigenvalue weighted by molar-refractivity contribution is 0.340. The van der Waals surface area contributed by atoms with Crippen molar-refractivity contribution in [3.05, 3.63) is 48.0 Å². The van der Waals surface area contributed by atoms with E-state index in [9.17, 15) is 8.78 Å². The van der Waals surface area contributed by atoms with Gasteiger partial charge in [0, 0.05) is 6.07 Å². The standard InChI is InChI=1S/C14H13F2NO2/c1-2-18-11-4-3-5-12(14(11)17)19-13-8-9(15)6-7-10(13)16/h3-8H,2,17H2,1H3. The molecule has 0 aliphatic carbocycles. The molecule has 0 saturated carbocycles. The van der Waals surface area contributed by atoms with Crippen LogP contribution < -0.4 is 15.2 Å². The van der Waals surface area contributed by atoms with E-state index in [2.05, 4.69) is 0 Å². The van der Waals surface area contributed by atoms with E-state index < -0.39 is 11.6 Å². The topological polar surface area (TPSA) is 44.5 Å². The summed E-state index contributed by atoms with van der Waals surface area (Å²) in [5.41, 5.74) is 6.08. The van der Waals surface area contributed by atoms with Crippen LogP contribution in [0.2, 0.25) is 0 Å². The molecular formula is C14H13F2NO2. The van der Waals surface area contributed by atoms with Gasteiger partial charge < -0.3 is 15.2 Å². The molecule has 0 radical (unpaired) electrons. The molecule has 0 saturated heterocycles. The number of benzene rings is 2. The van der Waals surface area contributed by atoms with E-state index in [4.69, 9.17) is 15.2 Å². The lowest BCUT2D eigenvalue weighted by Gasteiger charge is -2.12. The van der Waals surface area contributed by atoms with Crippen LogP contribution in [0.15, 0.2) is 36.4 Å². The summed E-state index contributed by atoms with van der Waals surface area (Å²) in [6, 6.07) is 7.86. The molecule has 0 spiro atoms. The summed E-state index contributed by atoms with van der Waals surface area (Å²) in [6.07, 6.45) is 0. The Morgan fingerprint density at radius 3 is 2.53 bits per heavy atom. The number of rotatable bonds is 4. The molecule has 3 nitrogen and oxygen atoms in total. The number of para-hydroxylation sites is 1. The summed E-state index contributed by atoms with van der Waals surface area (Å²) in [5, 5.41) is 0. The zero-order valence-corrected chi connectivity index (χ0v) is 10.3. The third-order valence-electron chi connectivity index (χ3n) is 2.44. The zero-order chi connectivity index (χ0) is 13.8. The van der Waals surface area contributed by atoms with Gasteiger partial charge in [-0.1, -0.05) is 6.07 Å². The third-order valence-corrected chi connectivity index (χ3v) is 2.44. The fraction of sp³-hybridized carbons (Fsp3) is 0.143. The number of anilines is 1. The van der Waals surface area contributed by atoms with Crippen molar-refractivity contribution in [2.45, 2.75) is 6.92 Å². The number of hydrogen-bond donors (Lipinski definition) is 1. The first-order valence-electron chi connectivity index (χ1n) is 5.76. The Balaban J connectivity index is 2.33. The molecule has 2 rings (SSSR count). The van der Waals surface area contributed by atoms with Gasteiger partial charge in [0.1, 0.15) is 17.3 Å². The molecule has 0 aliphatic heterocycles. The van der Waals surface area contributed by atoms with Gasteiger partial charge in [-0.2, -0.15) is 0 Å². The molecule has 2 aromatic carbocycles. The summed E-state index contributed by atoms with van der Waals surface area (Å²) >= 11 is 0. The van der Waals surface area contributed by atoms with Crippen molar-refractivity contribution in [1.29, 1.82) is 0 Å². The molecule has 0 atom stereocenters. The van der Waals surface area contributed by atoms with E-state index >= 15 is 0 Å². The molecule has 0 aromatic heterocycles. The van der Waals surface area contributed by atoms with E-state index in [1.807, 2.05) is 6.92 Å². The predicted molar refractivity (Wildman–Crippen MR) is 68.5 cm³/mol. The van der Waals surface area contributed by atoms with Gasteiger partial charge in [0.15, 0.2) is 17.3 Å². The summed E-state index contributed by atoms with van der Waals surface area (Å²) in [7, 11) is 0. The minimum atomic E-state index is -0.664. The van der Waals surface area contributed by atoms with Crippen molar-refractivity contribution < 1.29 is 18.3 Å². The van der Waals surface area contributed by atoms with Crippen molar-refractivity contribution in [1.82, 2.24) is 0 Å². The van der Waals surface area contributed by atoms with Crippen molar-refractivity contribution in [2.24, 2.45) is 0 Å². The molecule has 0 unspecified atom stereocenters. The second-order valence-corrected chi connectivity index (χ2v) is 3.78. The first kappa shape index (κ1) is 13.1. The van der Waals surface area contributed by atoms with Gasteiger partial charge in [0.25, 0.3) is 0 Å². The van der Waals surface area contributed by atoms with Crippen LogP contribution in [0.4, 0.5) is 14.5 Å². The van der Waals surface area contributed by atoms with Gasteiger partial charge in [-0.05, 0) is 31.2 Å². The highest BCUT2D eigenvalue weighted by Gasteiger charge is 2.11. The smallest absolute Gasteiger partial charge is 0.166 e. The van der Waals surface area contributed by atoms with Crippen LogP contribution in [-0.2, 0) is 0 Å². The van der Waals surface area contributed by atoms with Crippen LogP contribution in [0.5, 0.6) is 17.2 Å². The monoisotopic (exact) mass is 265 g/mol. The average Bonchev–Trinajstić information content (AvgIpc) is 2.39. The van der Waals surface area contributed by atoms with E-state index in [0.717, 1.165) is 18.2 Å². The van der Waals surface area contributed by atoms with Crippen LogP contribution >= 0.6 is 0 Å². The fourth-order valence-corrected chi connectivity index (χ4v) is 1.57. The van der Waals surface area contributed by atoms with Gasteiger partial charge in [-0.25, -0.2) is 8.78 Å². The van der Waals surface area contributed by atoms with E-state index in [-0.39, 0.29) is 17.2 Å². The highest BCUT2D eigenvalue weighted by atomic mass is 19.1. The van der Waals surface area contributed by atoms with Gasteiger partial charge in [0.05, 0.1) is 6.61 Å². The van der Waals surface area contributed by atoms with Gasteiger partial charge in [0.2, 0.25) is 0 Å². The number of ether oxygens (including phenoxy) is 2. The van der Waals surface area contributed by atoms with Crippen molar-refractivity contribution >= 4 is 5.69 Å². The molecule has 2 N–H and O–H groups in total. The second-order valence-electron chi connectivity index (χ2n) is 3.78. The van der Waals surface area contributed by atoms with E-state index in [0.29, 0.717) is 12.4 Å². The normalized spacial score (nSPS) is 10.3. The number of hydrogen-bond acceptors (Lipinski definition) is 3. The Labute approximate surface area is 109 Å². The first-order valence-corrected chi connectivity index (χ1v) is 5.76. The van der Waals surface area contributed by atoms with Crippen LogP contribution in [-0.4, -0.2) is 6.61 Å². The minimum Gasteiger partial charge on any atom is -0.492 e. The Morgan fingerprint density at radius 2 is 1.79 bits per heavy atom. The Morgan fingerprint density at radius 1 is 1.05 bits per heavy atom. The quantitative estimate of drug-likeness (QED) is 0.856. The maximum absolute atomic E-state index is 13.5. The molecule has 0 aliphatic rings. The SMILES string of the molecule is CCOc1cccc(Oc2cc(F)ccc2F)c1N. The Kier molecular flexibility index (Phi) is 3.85. The predicted octanol–water partition coefficient (Wildman–Crippen LogP) is 3.74. The van der Waals surface area contributed by atoms with Gasteiger partial charge in [-0.15, -0.1) is 0 Å². The molecule has 5 heteroatoms. The molecule has 19 heavy (non-hydrogen) atoms. The Hall–Kier alpha value is -2.30. The highest BCUT2D eigenvalue weighted by molar-refractivity contribution is 5.63. The zero-order valence-electron chi connectivity index (χ0n) is 10.3. The maximum atomic E-state index is 13.5. The summed E-state index contributed by atoms with van der Waals surface area (Å²) in [5.74, 6) is -0.814. The Bertz CT molecular complexity index is 588. The minimum absolute atomic E-state index is 0.218. The van der Waals surface area contributed by atoms with Gasteiger partial charge >= 0.3 is 0 Å². The second kappa shape index (κ2) is 5.56. The molecule has 0 amide bonds. The van der Waals surface area contributed by atoms with Crippen LogP contribution in [0.3, 0.4) is 0 Å². The first-order chi connectivity index (χ1) is 9.11. The van der Waals surface area contributed by atoms with Gasteiger partial charge in [-0.3, -0.25) is 0 Å². The summed E-state index contributed by atoms with van der Waals surface area (Å²) < 4.78 is 37.1. The third kappa shape index (κ3) is 2.93. The molecule has 100 valence electrons. The largest absolute Gasteiger partial charge is 0.492 e. The number of halogens is 2. The van der Waals surface area contributed by atoms with E-state index in [1.54, 1.807) is 18.2 Å².